The van der Waals surface area contributed by atoms with E-state index in [1.54, 1.807) is 12.1 Å². The van der Waals surface area contributed by atoms with Crippen molar-refractivity contribution in [2.24, 2.45) is 0 Å². The number of hydrogen-bond donors (Lipinski definition) is 2. The second-order valence-corrected chi connectivity index (χ2v) is 2.93. The van der Waals surface area contributed by atoms with Gasteiger partial charge in [0.1, 0.15) is 5.75 Å². The number of nitrogens with one attached hydrogen (secondary N) is 1. The lowest BCUT2D eigenvalue weighted by atomic mass is 10.2. The zero-order valence-electron chi connectivity index (χ0n) is 7.59. The third-order valence-electron chi connectivity index (χ3n) is 1.79. The van der Waals surface area contributed by atoms with E-state index in [-0.39, 0.29) is 0 Å². The molecule has 0 bridgehead atoms. The largest absolute Gasteiger partial charge is 0.508 e. The molecule has 2 heteroatoms. The molecule has 0 saturated carbocycles. The zero-order chi connectivity index (χ0) is 8.97. The fraction of sp³-hybridized carbons (Fsp3) is 0.400. The van der Waals surface area contributed by atoms with E-state index in [2.05, 4.69) is 12.2 Å². The van der Waals surface area contributed by atoms with E-state index in [1.165, 1.54) is 5.56 Å². The van der Waals surface area contributed by atoms with Gasteiger partial charge < -0.3 is 10.4 Å². The molecule has 0 radical (unpaired) electrons. The number of anilines is 1. The van der Waals surface area contributed by atoms with E-state index in [0.717, 1.165) is 18.7 Å². The molecule has 66 valence electrons. The van der Waals surface area contributed by atoms with Gasteiger partial charge in [0, 0.05) is 18.3 Å². The fourth-order valence-corrected chi connectivity index (χ4v) is 1.06. The van der Waals surface area contributed by atoms with Crippen LogP contribution >= 0.6 is 0 Å². The van der Waals surface area contributed by atoms with Crippen LogP contribution in [0.3, 0.4) is 0 Å². The molecule has 0 aliphatic carbocycles. The highest BCUT2D eigenvalue weighted by atomic mass is 16.3. The van der Waals surface area contributed by atoms with Crippen LogP contribution in [0.1, 0.15) is 18.9 Å². The van der Waals surface area contributed by atoms with Crippen LogP contribution in [-0.4, -0.2) is 11.7 Å². The first-order valence-corrected chi connectivity index (χ1v) is 4.27. The Kier molecular flexibility index (Phi) is 2.97. The molecule has 0 saturated heterocycles. The summed E-state index contributed by atoms with van der Waals surface area (Å²) in [5, 5.41) is 12.4. The number of aromatic hydroxyl groups is 1. The second-order valence-electron chi connectivity index (χ2n) is 2.93. The van der Waals surface area contributed by atoms with E-state index in [4.69, 9.17) is 0 Å². The van der Waals surface area contributed by atoms with E-state index < -0.39 is 0 Å². The summed E-state index contributed by atoms with van der Waals surface area (Å²) >= 11 is 0. The average Bonchev–Trinajstić information content (AvgIpc) is 2.07. The van der Waals surface area contributed by atoms with Gasteiger partial charge in [0.25, 0.3) is 0 Å². The number of rotatable bonds is 3. The van der Waals surface area contributed by atoms with Gasteiger partial charge >= 0.3 is 0 Å². The van der Waals surface area contributed by atoms with E-state index in [9.17, 15) is 5.11 Å². The lowest BCUT2D eigenvalue weighted by Crippen LogP contribution is -2.00. The van der Waals surface area contributed by atoms with Crippen molar-refractivity contribution in [3.8, 4) is 5.75 Å². The molecule has 0 fully saturated rings. The zero-order valence-corrected chi connectivity index (χ0v) is 7.59. The third kappa shape index (κ3) is 2.16. The number of benzene rings is 1. The Labute approximate surface area is 73.2 Å². The molecular weight excluding hydrogens is 150 g/mol. The molecule has 0 aromatic heterocycles. The van der Waals surface area contributed by atoms with Gasteiger partial charge in [-0.3, -0.25) is 0 Å². The molecule has 0 aliphatic rings. The van der Waals surface area contributed by atoms with Crippen molar-refractivity contribution in [3.05, 3.63) is 23.8 Å². The Bertz CT molecular complexity index is 258. The van der Waals surface area contributed by atoms with Gasteiger partial charge in [-0.2, -0.15) is 0 Å². The number of phenols is 1. The Morgan fingerprint density at radius 3 is 2.83 bits per heavy atom. The van der Waals surface area contributed by atoms with E-state index >= 15 is 0 Å². The summed E-state index contributed by atoms with van der Waals surface area (Å²) in [5.74, 6) is 0.319. The highest BCUT2D eigenvalue weighted by Gasteiger charge is 1.97. The quantitative estimate of drug-likeness (QED) is 0.721. The summed E-state index contributed by atoms with van der Waals surface area (Å²) in [6, 6.07) is 5.37. The summed E-state index contributed by atoms with van der Waals surface area (Å²) in [6.07, 6.45) is 1.09. The molecule has 0 unspecified atom stereocenters. The number of phenolic OH excluding ortho intramolecular Hbond substituents is 1. The van der Waals surface area contributed by atoms with Crippen molar-refractivity contribution >= 4 is 5.69 Å². The molecule has 0 spiro atoms. The Morgan fingerprint density at radius 2 is 2.17 bits per heavy atom. The van der Waals surface area contributed by atoms with Crippen LogP contribution in [-0.2, 0) is 0 Å². The van der Waals surface area contributed by atoms with Crippen LogP contribution in [0.5, 0.6) is 5.75 Å². The van der Waals surface area contributed by atoms with Gasteiger partial charge in [-0.15, -0.1) is 0 Å². The number of hydrogen-bond acceptors (Lipinski definition) is 2. The van der Waals surface area contributed by atoms with Gasteiger partial charge in [0.2, 0.25) is 0 Å². The molecule has 1 rings (SSSR count). The summed E-state index contributed by atoms with van der Waals surface area (Å²) in [7, 11) is 0. The summed E-state index contributed by atoms with van der Waals surface area (Å²) in [6.45, 7) is 5.09. The Balaban J connectivity index is 2.75. The summed E-state index contributed by atoms with van der Waals surface area (Å²) in [4.78, 5) is 0. The molecule has 0 atom stereocenters. The highest BCUT2D eigenvalue weighted by molar-refractivity contribution is 5.54. The van der Waals surface area contributed by atoms with Gasteiger partial charge in [0.15, 0.2) is 0 Å². The fourth-order valence-electron chi connectivity index (χ4n) is 1.06. The predicted octanol–water partition coefficient (Wildman–Crippen LogP) is 2.52. The third-order valence-corrected chi connectivity index (χ3v) is 1.79. The monoisotopic (exact) mass is 165 g/mol. The molecule has 12 heavy (non-hydrogen) atoms. The van der Waals surface area contributed by atoms with Gasteiger partial charge in [-0.25, -0.2) is 0 Å². The Hall–Kier alpha value is -1.18. The van der Waals surface area contributed by atoms with E-state index in [1.807, 2.05) is 13.0 Å². The van der Waals surface area contributed by atoms with Crippen LogP contribution in [0, 0.1) is 6.92 Å². The lowest BCUT2D eigenvalue weighted by molar-refractivity contribution is 0.475. The van der Waals surface area contributed by atoms with Crippen LogP contribution in [0.2, 0.25) is 0 Å². The molecule has 2 N–H and O–H groups in total. The van der Waals surface area contributed by atoms with Gasteiger partial charge in [0.05, 0.1) is 0 Å². The minimum absolute atomic E-state index is 0.319. The topological polar surface area (TPSA) is 32.3 Å². The van der Waals surface area contributed by atoms with Crippen LogP contribution < -0.4 is 5.32 Å². The minimum atomic E-state index is 0.319. The van der Waals surface area contributed by atoms with E-state index in [0.29, 0.717) is 5.75 Å². The highest BCUT2D eigenvalue weighted by Crippen LogP contribution is 2.20. The minimum Gasteiger partial charge on any atom is -0.508 e. The number of aryl methyl sites for hydroxylation is 1. The van der Waals surface area contributed by atoms with Crippen LogP contribution in [0.15, 0.2) is 18.2 Å². The standard InChI is InChI=1S/C10H15NO/c1-3-6-11-10-7-9(12)5-4-8(10)2/h4-5,7,11-12H,3,6H2,1-2H3. The lowest BCUT2D eigenvalue weighted by Gasteiger charge is -2.08. The van der Waals surface area contributed by atoms with Crippen molar-refractivity contribution in [3.63, 3.8) is 0 Å². The normalized spacial score (nSPS) is 9.83. The molecule has 2 nitrogen and oxygen atoms in total. The molecule has 0 aliphatic heterocycles. The first kappa shape index (κ1) is 8.91. The summed E-state index contributed by atoms with van der Waals surface area (Å²) < 4.78 is 0. The SMILES string of the molecule is CCCNc1cc(O)ccc1C. The van der Waals surface area contributed by atoms with Gasteiger partial charge in [-0.1, -0.05) is 13.0 Å². The van der Waals surface area contributed by atoms with Crippen LogP contribution in [0.4, 0.5) is 5.69 Å². The first-order valence-electron chi connectivity index (χ1n) is 4.27. The molecule has 1 aromatic carbocycles. The molecule has 0 amide bonds. The van der Waals surface area contributed by atoms with Crippen molar-refractivity contribution in [2.45, 2.75) is 20.3 Å². The maximum absolute atomic E-state index is 9.20. The maximum atomic E-state index is 9.20. The van der Waals surface area contributed by atoms with Crippen molar-refractivity contribution in [2.75, 3.05) is 11.9 Å². The second kappa shape index (κ2) is 4.00. The predicted molar refractivity (Wildman–Crippen MR) is 51.6 cm³/mol. The van der Waals surface area contributed by atoms with Crippen molar-refractivity contribution in [1.82, 2.24) is 0 Å². The van der Waals surface area contributed by atoms with Crippen LogP contribution in [0.25, 0.3) is 0 Å². The molecule has 0 heterocycles. The maximum Gasteiger partial charge on any atom is 0.117 e. The molecule has 1 aromatic rings. The smallest absolute Gasteiger partial charge is 0.117 e. The Morgan fingerprint density at radius 1 is 1.42 bits per heavy atom. The van der Waals surface area contributed by atoms with Gasteiger partial charge in [-0.05, 0) is 25.0 Å². The van der Waals surface area contributed by atoms with Crippen molar-refractivity contribution < 1.29 is 5.11 Å². The summed E-state index contributed by atoms with van der Waals surface area (Å²) in [5.41, 5.74) is 2.19. The molecular formula is C10H15NO. The van der Waals surface area contributed by atoms with Crippen molar-refractivity contribution in [1.29, 1.82) is 0 Å². The first-order chi connectivity index (χ1) is 5.74. The average molecular weight is 165 g/mol.